The number of hydrogen-bond acceptors (Lipinski definition) is 13. The second kappa shape index (κ2) is 31.1. The van der Waals surface area contributed by atoms with E-state index in [4.69, 9.17) is 9.47 Å². The van der Waals surface area contributed by atoms with E-state index in [1.54, 1.807) is 27.4 Å². The van der Waals surface area contributed by atoms with Crippen molar-refractivity contribution in [2.24, 2.45) is 10.8 Å². The van der Waals surface area contributed by atoms with E-state index in [0.29, 0.717) is 62.3 Å². The lowest BCUT2D eigenvalue weighted by atomic mass is 9.79. The smallest absolute Gasteiger partial charge is 0.275 e. The molecule has 6 aromatic rings. The van der Waals surface area contributed by atoms with Crippen molar-refractivity contribution < 1.29 is 87.7 Å². The van der Waals surface area contributed by atoms with Gasteiger partial charge in [0.25, 0.3) is 35.4 Å². The van der Waals surface area contributed by atoms with Gasteiger partial charge in [0.2, 0.25) is 16.3 Å². The Hall–Kier alpha value is -10.8. The minimum absolute atomic E-state index is 0.0309. The number of pyridine rings is 3. The molecular weight excluding hydrogens is 1410 g/mol. The maximum atomic E-state index is 14.1. The van der Waals surface area contributed by atoms with Crippen LogP contribution in [0.1, 0.15) is 198 Å². The second-order valence-electron chi connectivity index (χ2n) is 28.1. The number of aromatic nitrogens is 3. The highest BCUT2D eigenvalue weighted by Crippen LogP contribution is 2.46. The number of fused-ring (bicyclic) bond motifs is 12. The lowest BCUT2D eigenvalue weighted by molar-refractivity contribution is -0.118. The third kappa shape index (κ3) is 15.4. The monoisotopic (exact) mass is 1480 g/mol. The number of nitrogens with zero attached hydrogens (tertiary/aromatic N) is 6. The summed E-state index contributed by atoms with van der Waals surface area (Å²) < 4.78 is 139. The third-order valence-electron chi connectivity index (χ3n) is 20.1. The van der Waals surface area contributed by atoms with Crippen molar-refractivity contribution in [3.63, 3.8) is 0 Å². The lowest BCUT2D eigenvalue weighted by Crippen LogP contribution is -2.50. The summed E-state index contributed by atoms with van der Waals surface area (Å²) in [5.41, 5.74) is -6.68. The number of amides is 6. The summed E-state index contributed by atoms with van der Waals surface area (Å²) in [6, 6.07) is 0.746. The Labute approximate surface area is 601 Å². The molecular formula is C75H78F9N9O13. The maximum absolute atomic E-state index is 14.1. The number of ketones is 1. The molecule has 0 radical (unpaired) electrons. The Morgan fingerprint density at radius 3 is 1.33 bits per heavy atom. The number of benzene rings is 3. The first-order valence-electron chi connectivity index (χ1n) is 34.4. The maximum Gasteiger partial charge on any atom is 0.275 e. The Morgan fingerprint density at radius 1 is 0.509 bits per heavy atom. The van der Waals surface area contributed by atoms with E-state index >= 15 is 0 Å². The molecule has 3 aromatic carbocycles. The average Bonchev–Trinajstić information content (AvgIpc) is 1.27. The topological polar surface area (TPSA) is 270 Å². The van der Waals surface area contributed by atoms with Crippen molar-refractivity contribution in [2.45, 2.75) is 157 Å². The van der Waals surface area contributed by atoms with Gasteiger partial charge in [0.05, 0.1) is 25.3 Å². The molecule has 106 heavy (non-hydrogen) atoms. The van der Waals surface area contributed by atoms with Gasteiger partial charge in [0, 0.05) is 134 Å². The van der Waals surface area contributed by atoms with Gasteiger partial charge in [-0.3, -0.25) is 47.9 Å². The van der Waals surface area contributed by atoms with Gasteiger partial charge < -0.3 is 58.9 Å². The Kier molecular flexibility index (Phi) is 22.9. The van der Waals surface area contributed by atoms with Crippen LogP contribution in [0.15, 0.2) is 93.7 Å². The molecule has 0 aliphatic carbocycles. The first-order chi connectivity index (χ1) is 50.0. The number of allylic oxidation sites excluding steroid dienone is 2. The van der Waals surface area contributed by atoms with Crippen LogP contribution in [0.5, 0.6) is 17.2 Å². The largest absolute Gasteiger partial charge is 0.503 e. The van der Waals surface area contributed by atoms with Crippen LogP contribution in [-0.4, -0.2) is 126 Å². The molecule has 22 nitrogen and oxygen atoms in total. The van der Waals surface area contributed by atoms with Crippen LogP contribution in [0.2, 0.25) is 0 Å². The molecule has 12 rings (SSSR count). The van der Waals surface area contributed by atoms with Crippen molar-refractivity contribution in [1.29, 1.82) is 0 Å². The fraction of sp³-hybridized carbons (Fsp3) is 0.413. The zero-order valence-corrected chi connectivity index (χ0v) is 59.3. The zero-order chi connectivity index (χ0) is 77.5. The number of hydrogen-bond donors (Lipinski definition) is 4. The van der Waals surface area contributed by atoms with Crippen LogP contribution in [0, 0.1) is 63.2 Å². The number of nitrogens with one attached hydrogen (secondary N) is 3. The molecule has 1 fully saturated rings. The number of ether oxygens (including phenoxy) is 2. The van der Waals surface area contributed by atoms with E-state index in [1.165, 1.54) is 32.5 Å². The van der Waals surface area contributed by atoms with E-state index in [9.17, 15) is 92.6 Å². The van der Waals surface area contributed by atoms with E-state index in [-0.39, 0.29) is 95.2 Å². The van der Waals surface area contributed by atoms with Gasteiger partial charge in [0.15, 0.2) is 40.1 Å². The third-order valence-corrected chi connectivity index (χ3v) is 20.1. The highest BCUT2D eigenvalue weighted by Gasteiger charge is 2.48. The molecule has 6 bridgehead atoms. The minimum Gasteiger partial charge on any atom is -0.503 e. The van der Waals surface area contributed by atoms with Crippen LogP contribution < -0.4 is 41.7 Å². The normalized spacial score (nSPS) is 19.9. The number of carbonyl (C=O) groups is 7. The van der Waals surface area contributed by atoms with Gasteiger partial charge in [-0.05, 0) is 57.9 Å². The van der Waals surface area contributed by atoms with Crippen LogP contribution in [0.25, 0.3) is 0 Å². The number of carbonyl (C=O) groups excluding carboxylic acids is 7. The van der Waals surface area contributed by atoms with Crippen molar-refractivity contribution >= 4 is 41.2 Å². The average molecular weight is 1480 g/mol. The molecule has 564 valence electrons. The van der Waals surface area contributed by atoms with Crippen LogP contribution in [0.4, 0.5) is 39.5 Å². The summed E-state index contributed by atoms with van der Waals surface area (Å²) in [5.74, 6) is -16.4. The quantitative estimate of drug-likeness (QED) is 0.0376. The Bertz CT molecular complexity index is 4770. The molecule has 6 aliphatic heterocycles. The van der Waals surface area contributed by atoms with Gasteiger partial charge in [-0.1, -0.05) is 72.6 Å². The van der Waals surface area contributed by atoms with E-state index < -0.39 is 169 Å². The molecule has 6 atom stereocenters. The van der Waals surface area contributed by atoms with Crippen molar-refractivity contribution in [1.82, 2.24) is 44.4 Å². The van der Waals surface area contributed by atoms with Crippen LogP contribution in [-0.2, 0) is 24.4 Å². The first-order valence-corrected chi connectivity index (χ1v) is 34.4. The van der Waals surface area contributed by atoms with E-state index in [2.05, 4.69) is 16.0 Å². The molecule has 4 N–H and O–H groups in total. The summed E-state index contributed by atoms with van der Waals surface area (Å²) in [6.45, 7) is 16.5. The molecule has 0 spiro atoms. The predicted octanol–water partition coefficient (Wildman–Crippen LogP) is 10.4. The minimum atomic E-state index is -1.20. The SMILES string of the molecule is CCCCOc1c2n(cc(C(=O)NCc3c(F)cc(F)cc3F)c1=O)C1CN(C2=O)[C@@H](C)C=CC1=O.CCCCOc1c2n(cc(C(=O)NCc3c(F)cc(F)cc3F)c1=O)[C@@H]1CN(C2=O)[C@@H](C)C=CC1(C)C.C[C@H]1CCC(C)(C)[C@H]2CN1C(=O)c1c(O)c(=O)c(C(=O)NCc3c(F)cc(F)cc3F)cn12. The molecule has 0 saturated carbocycles. The van der Waals surface area contributed by atoms with Crippen LogP contribution >= 0.6 is 0 Å². The lowest BCUT2D eigenvalue weighted by Gasteiger charge is -2.42. The fourth-order valence-electron chi connectivity index (χ4n) is 13.6. The van der Waals surface area contributed by atoms with Gasteiger partial charge in [-0.15, -0.1) is 0 Å². The number of rotatable bonds is 17. The number of unbranched alkanes of at least 4 members (excludes halogenated alkanes) is 2. The van der Waals surface area contributed by atoms with Gasteiger partial charge in [0.1, 0.15) is 75.1 Å². The molecule has 9 heterocycles. The molecule has 6 aliphatic rings. The summed E-state index contributed by atoms with van der Waals surface area (Å²) >= 11 is 0. The van der Waals surface area contributed by atoms with Crippen molar-refractivity contribution in [3.05, 3.63) is 213 Å². The molecule has 3 aromatic heterocycles. The molecule has 1 saturated heterocycles. The molecule has 31 heteroatoms. The Balaban J connectivity index is 0.000000170. The predicted molar refractivity (Wildman–Crippen MR) is 366 cm³/mol. The van der Waals surface area contributed by atoms with Crippen LogP contribution in [0.3, 0.4) is 0 Å². The molecule has 1 unspecified atom stereocenters. The Morgan fingerprint density at radius 2 is 0.887 bits per heavy atom. The second-order valence-corrected chi connectivity index (χ2v) is 28.1. The van der Waals surface area contributed by atoms with Crippen molar-refractivity contribution in [2.75, 3.05) is 32.8 Å². The van der Waals surface area contributed by atoms with Crippen molar-refractivity contribution in [3.8, 4) is 17.2 Å². The summed E-state index contributed by atoms with van der Waals surface area (Å²) in [5, 5.41) is 17.5. The summed E-state index contributed by atoms with van der Waals surface area (Å²) in [4.78, 5) is 136. The molecule has 6 amide bonds. The first kappa shape index (κ1) is 77.9. The van der Waals surface area contributed by atoms with Gasteiger partial charge >= 0.3 is 0 Å². The standard InChI is InChI=1S/C27H30F3N3O4.C25H24F3N3O5.C23H24F3N3O4/c1-5-6-9-37-24-22-26(36)32-14-21(27(3,4)8-7-15(32)2)33(22)13-18(23(24)34)25(35)31-12-17-19(29)10-16(28)11-20(17)30;1-3-4-7-36-23-21-25(35)30-12-19(20(32)6-5-13(30)2)31(21)11-16(22(23)33)24(34)29-10-15-17(27)8-14(26)9-18(15)28;1-11-4-5-23(2,3)17-10-28(11)22(33)18-20(31)19(30)14(9-29(17)18)21(32)27-8-13-15(25)6-12(24)7-16(13)26/h7-8,10-11,13,15,21H,5-6,9,12,14H2,1-4H3,(H,31,35);5-6,8-9,11,13,19H,3-4,7,10,12H2,1-2H3,(H,29,34);6-7,9,11,17,31H,4-5,8,10H2,1-3H3,(H,27,32)/t15-,21+;13-,19?;11-,17+/m000/s1. The highest BCUT2D eigenvalue weighted by molar-refractivity contribution is 6.04. The summed E-state index contributed by atoms with van der Waals surface area (Å²) in [6.07, 6.45) is 14.8. The van der Waals surface area contributed by atoms with E-state index in [0.717, 1.165) is 31.9 Å². The highest BCUT2D eigenvalue weighted by atomic mass is 19.2. The fourth-order valence-corrected chi connectivity index (χ4v) is 13.6. The number of halogens is 9. The summed E-state index contributed by atoms with van der Waals surface area (Å²) in [7, 11) is 0. The van der Waals surface area contributed by atoms with Gasteiger partial charge in [-0.2, -0.15) is 0 Å². The zero-order valence-electron chi connectivity index (χ0n) is 59.3. The number of aromatic hydroxyl groups is 1. The van der Waals surface area contributed by atoms with E-state index in [1.807, 2.05) is 67.5 Å². The van der Waals surface area contributed by atoms with Gasteiger partial charge in [-0.25, -0.2) is 39.5 Å².